The van der Waals surface area contributed by atoms with E-state index < -0.39 is 15.8 Å². The van der Waals surface area contributed by atoms with E-state index in [9.17, 15) is 12.8 Å². The normalized spacial score (nSPS) is 15.6. The molecule has 11 heteroatoms. The predicted octanol–water partition coefficient (Wildman–Crippen LogP) is 5.64. The maximum Gasteiger partial charge on any atom is 0.232 e. The molecule has 1 aliphatic heterocycles. The Hall–Kier alpha value is -3.83. The number of benzene rings is 2. The second kappa shape index (κ2) is 12.1. The van der Waals surface area contributed by atoms with Gasteiger partial charge in [-0.3, -0.25) is 4.72 Å². The molecule has 5 rings (SSSR count). The minimum atomic E-state index is -3.72. The quantitative estimate of drug-likeness (QED) is 0.227. The molecule has 0 saturated carbocycles. The average Bonchev–Trinajstić information content (AvgIpc) is 2.96. The minimum Gasteiger partial charge on any atom is -0.437 e. The standard InChI is InChI=1S/C29H33FN6O3S/c1-3-4-17-40(37,38)36-26-21-10-9-19(2)27(22(21)11-12-24(26)30)39-28-23(8-6-15-32-28)25-13-16-33-29(35-25)34-20-7-5-14-31-18-20/h6,8-13,15-16,20,31,36H,3-5,7,14,17-18H2,1-2H3,(H,33,34,35)/t20-/m0/s1. The number of aryl methyl sites for hydroxylation is 1. The van der Waals surface area contributed by atoms with Crippen LogP contribution in [0, 0.1) is 12.7 Å². The number of nitrogens with zero attached hydrogens (tertiary/aromatic N) is 3. The Bertz CT molecular complexity index is 1610. The first-order valence-electron chi connectivity index (χ1n) is 13.5. The van der Waals surface area contributed by atoms with E-state index in [1.54, 1.807) is 42.7 Å². The Morgan fingerprint density at radius 1 is 1.10 bits per heavy atom. The molecule has 2 aromatic heterocycles. The van der Waals surface area contributed by atoms with Gasteiger partial charge in [0.05, 0.1) is 22.7 Å². The zero-order valence-electron chi connectivity index (χ0n) is 22.6. The smallest absolute Gasteiger partial charge is 0.232 e. The fraction of sp³-hybridized carbons (Fsp3) is 0.345. The van der Waals surface area contributed by atoms with Crippen molar-refractivity contribution in [2.45, 2.75) is 45.6 Å². The van der Waals surface area contributed by atoms with Gasteiger partial charge in [0.25, 0.3) is 0 Å². The number of rotatable bonds is 10. The van der Waals surface area contributed by atoms with Crippen molar-refractivity contribution in [3.05, 3.63) is 66.2 Å². The molecule has 0 aliphatic carbocycles. The van der Waals surface area contributed by atoms with Crippen molar-refractivity contribution in [3.63, 3.8) is 0 Å². The molecule has 0 spiro atoms. The molecule has 210 valence electrons. The van der Waals surface area contributed by atoms with Gasteiger partial charge >= 0.3 is 0 Å². The largest absolute Gasteiger partial charge is 0.437 e. The molecule has 0 amide bonds. The van der Waals surface area contributed by atoms with Crippen LogP contribution in [0.5, 0.6) is 11.6 Å². The molecule has 9 nitrogen and oxygen atoms in total. The number of sulfonamides is 1. The summed E-state index contributed by atoms with van der Waals surface area (Å²) < 4.78 is 49.0. The van der Waals surface area contributed by atoms with Gasteiger partial charge in [-0.1, -0.05) is 25.5 Å². The molecule has 1 aliphatic rings. The highest BCUT2D eigenvalue weighted by Gasteiger charge is 2.20. The third kappa shape index (κ3) is 6.31. The molecule has 0 unspecified atom stereocenters. The van der Waals surface area contributed by atoms with Gasteiger partial charge in [-0.05, 0) is 68.6 Å². The van der Waals surface area contributed by atoms with Crippen LogP contribution in [-0.4, -0.2) is 48.3 Å². The van der Waals surface area contributed by atoms with Gasteiger partial charge in [0.15, 0.2) is 0 Å². The van der Waals surface area contributed by atoms with Gasteiger partial charge in [-0.2, -0.15) is 0 Å². The van der Waals surface area contributed by atoms with Gasteiger partial charge in [-0.25, -0.2) is 27.8 Å². The van der Waals surface area contributed by atoms with Gasteiger partial charge in [0, 0.05) is 35.8 Å². The first-order valence-corrected chi connectivity index (χ1v) is 15.2. The molecular weight excluding hydrogens is 531 g/mol. The number of hydrogen-bond donors (Lipinski definition) is 3. The summed E-state index contributed by atoms with van der Waals surface area (Å²) in [5.74, 6) is 0.551. The monoisotopic (exact) mass is 564 g/mol. The number of pyridine rings is 1. The first kappa shape index (κ1) is 27.7. The van der Waals surface area contributed by atoms with Crippen LogP contribution in [0.15, 0.2) is 54.9 Å². The fourth-order valence-corrected chi connectivity index (χ4v) is 6.03. The van der Waals surface area contributed by atoms with Crippen molar-refractivity contribution in [3.8, 4) is 22.9 Å². The average molecular weight is 565 g/mol. The molecular formula is C29H33FN6O3S. The molecule has 0 bridgehead atoms. The van der Waals surface area contributed by atoms with E-state index in [-0.39, 0.29) is 17.5 Å². The van der Waals surface area contributed by atoms with Crippen LogP contribution in [-0.2, 0) is 10.0 Å². The van der Waals surface area contributed by atoms with Crippen LogP contribution in [0.3, 0.4) is 0 Å². The molecule has 3 N–H and O–H groups in total. The summed E-state index contributed by atoms with van der Waals surface area (Å²) >= 11 is 0. The zero-order chi connectivity index (χ0) is 28.1. The summed E-state index contributed by atoms with van der Waals surface area (Å²) in [6.45, 7) is 5.64. The molecule has 3 heterocycles. The molecule has 40 heavy (non-hydrogen) atoms. The Morgan fingerprint density at radius 3 is 2.75 bits per heavy atom. The molecule has 1 atom stereocenters. The first-order chi connectivity index (χ1) is 19.3. The van der Waals surface area contributed by atoms with Crippen molar-refractivity contribution in [2.75, 3.05) is 28.9 Å². The van der Waals surface area contributed by atoms with Crippen LogP contribution < -0.4 is 20.1 Å². The van der Waals surface area contributed by atoms with E-state index in [0.29, 0.717) is 52.4 Å². The Balaban J connectivity index is 1.49. The van der Waals surface area contributed by atoms with Crippen molar-refractivity contribution in [1.29, 1.82) is 0 Å². The lowest BCUT2D eigenvalue weighted by molar-refractivity contribution is 0.466. The third-order valence-electron chi connectivity index (χ3n) is 6.85. The van der Waals surface area contributed by atoms with Crippen LogP contribution >= 0.6 is 0 Å². The Kier molecular flexibility index (Phi) is 8.41. The summed E-state index contributed by atoms with van der Waals surface area (Å²) in [5, 5.41) is 7.73. The van der Waals surface area contributed by atoms with Gasteiger partial charge < -0.3 is 15.4 Å². The Morgan fingerprint density at radius 2 is 1.95 bits per heavy atom. The SMILES string of the molecule is CCCCS(=O)(=O)Nc1c(F)ccc2c(Oc3ncccc3-c3ccnc(N[C@H]4CCCNC4)n3)c(C)ccc12. The van der Waals surface area contributed by atoms with Crippen molar-refractivity contribution >= 4 is 32.4 Å². The van der Waals surface area contributed by atoms with Crippen LogP contribution in [0.25, 0.3) is 22.0 Å². The lowest BCUT2D eigenvalue weighted by atomic mass is 10.0. The summed E-state index contributed by atoms with van der Waals surface area (Å²) in [6.07, 6.45) is 6.65. The summed E-state index contributed by atoms with van der Waals surface area (Å²) in [5.41, 5.74) is 1.99. The van der Waals surface area contributed by atoms with E-state index in [4.69, 9.17) is 9.72 Å². The molecule has 0 radical (unpaired) electrons. The zero-order valence-corrected chi connectivity index (χ0v) is 23.4. The number of aromatic nitrogens is 3. The summed E-state index contributed by atoms with van der Waals surface area (Å²) in [7, 11) is -3.72. The third-order valence-corrected chi connectivity index (χ3v) is 8.19. The number of halogens is 1. The number of anilines is 2. The molecule has 1 fully saturated rings. The number of ether oxygens (including phenoxy) is 1. The van der Waals surface area contributed by atoms with E-state index in [1.807, 2.05) is 19.9 Å². The highest BCUT2D eigenvalue weighted by atomic mass is 32.2. The predicted molar refractivity (Wildman–Crippen MR) is 156 cm³/mol. The highest BCUT2D eigenvalue weighted by molar-refractivity contribution is 7.92. The maximum atomic E-state index is 14.9. The summed E-state index contributed by atoms with van der Waals surface area (Å²) in [6, 6.07) is 12.0. The Labute approximate surface area is 233 Å². The van der Waals surface area contributed by atoms with Crippen molar-refractivity contribution in [1.82, 2.24) is 20.3 Å². The highest BCUT2D eigenvalue weighted by Crippen LogP contribution is 2.39. The topological polar surface area (TPSA) is 118 Å². The lowest BCUT2D eigenvalue weighted by Gasteiger charge is -2.23. The number of piperidine rings is 1. The van der Waals surface area contributed by atoms with Gasteiger partial charge in [-0.15, -0.1) is 0 Å². The lowest BCUT2D eigenvalue weighted by Crippen LogP contribution is -2.38. The second-order valence-electron chi connectivity index (χ2n) is 9.91. The number of unbranched alkanes of at least 4 members (excludes halogenated alkanes) is 1. The number of nitrogens with one attached hydrogen (secondary N) is 3. The van der Waals surface area contributed by atoms with E-state index in [1.165, 1.54) is 6.07 Å². The van der Waals surface area contributed by atoms with Crippen LogP contribution in [0.2, 0.25) is 0 Å². The maximum absolute atomic E-state index is 14.9. The van der Waals surface area contributed by atoms with E-state index in [2.05, 4.69) is 25.3 Å². The van der Waals surface area contributed by atoms with Crippen LogP contribution in [0.4, 0.5) is 16.0 Å². The van der Waals surface area contributed by atoms with Crippen molar-refractivity contribution < 1.29 is 17.5 Å². The molecule has 2 aromatic carbocycles. The fourth-order valence-electron chi connectivity index (χ4n) is 4.74. The number of fused-ring (bicyclic) bond motifs is 1. The van der Waals surface area contributed by atoms with Gasteiger partial charge in [0.2, 0.25) is 21.9 Å². The van der Waals surface area contributed by atoms with E-state index in [0.717, 1.165) is 31.5 Å². The van der Waals surface area contributed by atoms with Crippen LogP contribution in [0.1, 0.15) is 38.2 Å². The number of hydrogen-bond acceptors (Lipinski definition) is 8. The molecule has 4 aromatic rings. The molecule has 1 saturated heterocycles. The summed E-state index contributed by atoms with van der Waals surface area (Å²) in [4.78, 5) is 13.6. The van der Waals surface area contributed by atoms with E-state index >= 15 is 0 Å². The van der Waals surface area contributed by atoms with Crippen molar-refractivity contribution in [2.24, 2.45) is 0 Å². The second-order valence-corrected chi connectivity index (χ2v) is 11.8. The van der Waals surface area contributed by atoms with Gasteiger partial charge in [0.1, 0.15) is 11.6 Å². The minimum absolute atomic E-state index is 0.0844.